The van der Waals surface area contributed by atoms with E-state index in [1.807, 2.05) is 24.3 Å². The number of benzene rings is 2. The third-order valence-corrected chi connectivity index (χ3v) is 7.63. The van der Waals surface area contributed by atoms with E-state index in [0.717, 1.165) is 37.7 Å². The zero-order valence-corrected chi connectivity index (χ0v) is 17.9. The Morgan fingerprint density at radius 3 is 2.50 bits per heavy atom. The van der Waals surface area contributed by atoms with E-state index in [9.17, 15) is 4.79 Å². The summed E-state index contributed by atoms with van der Waals surface area (Å²) in [6.07, 6.45) is 4.75. The molecule has 5 atom stereocenters. The minimum absolute atomic E-state index is 0.107. The van der Waals surface area contributed by atoms with Crippen LogP contribution in [0.25, 0.3) is 0 Å². The van der Waals surface area contributed by atoms with Crippen LogP contribution in [0.3, 0.4) is 0 Å². The molecule has 2 heterocycles. The molecule has 4 nitrogen and oxygen atoms in total. The first-order valence-corrected chi connectivity index (χ1v) is 11.2. The molecular weight excluding hydrogens is 374 g/mol. The molecule has 158 valence electrons. The van der Waals surface area contributed by atoms with Gasteiger partial charge in [-0.2, -0.15) is 0 Å². The van der Waals surface area contributed by atoms with Crippen LogP contribution in [0.15, 0.2) is 60.7 Å². The monoisotopic (exact) mass is 405 g/mol. The molecule has 0 unspecified atom stereocenters. The maximum Gasteiger partial charge on any atom is 0.232 e. The topological polar surface area (TPSA) is 38.8 Å². The number of hydrogen-bond donors (Lipinski definition) is 0. The first-order valence-electron chi connectivity index (χ1n) is 11.2. The molecule has 2 aromatic rings. The summed E-state index contributed by atoms with van der Waals surface area (Å²) >= 11 is 0. The van der Waals surface area contributed by atoms with Gasteiger partial charge in [-0.25, -0.2) is 0 Å². The number of methoxy groups -OCH3 is 1. The van der Waals surface area contributed by atoms with Crippen molar-refractivity contribution in [2.45, 2.75) is 56.9 Å². The first kappa shape index (κ1) is 19.8. The Morgan fingerprint density at radius 1 is 1.10 bits per heavy atom. The molecule has 5 rings (SSSR count). The maximum atomic E-state index is 14.3. The molecule has 1 saturated carbocycles. The van der Waals surface area contributed by atoms with E-state index in [4.69, 9.17) is 9.47 Å². The number of rotatable bonds is 5. The summed E-state index contributed by atoms with van der Waals surface area (Å²) in [5.41, 5.74) is 1.48. The predicted molar refractivity (Wildman–Crippen MR) is 116 cm³/mol. The highest BCUT2D eigenvalue weighted by molar-refractivity contribution is 5.86. The molecule has 0 aromatic heterocycles. The quantitative estimate of drug-likeness (QED) is 0.721. The van der Waals surface area contributed by atoms with Crippen molar-refractivity contribution in [3.8, 4) is 0 Å². The Bertz CT molecular complexity index is 901. The Morgan fingerprint density at radius 2 is 1.80 bits per heavy atom. The van der Waals surface area contributed by atoms with Crippen LogP contribution in [0.5, 0.6) is 0 Å². The van der Waals surface area contributed by atoms with Crippen molar-refractivity contribution in [3.05, 3.63) is 71.8 Å². The molecule has 3 aliphatic rings. The molecule has 1 amide bonds. The van der Waals surface area contributed by atoms with Crippen LogP contribution in [-0.2, 0) is 20.7 Å². The van der Waals surface area contributed by atoms with E-state index in [1.54, 1.807) is 7.11 Å². The van der Waals surface area contributed by atoms with Crippen molar-refractivity contribution in [1.29, 1.82) is 0 Å². The lowest BCUT2D eigenvalue weighted by molar-refractivity contribution is -0.184. The largest absolute Gasteiger partial charge is 0.382 e. The third kappa shape index (κ3) is 3.00. The van der Waals surface area contributed by atoms with Gasteiger partial charge in [-0.3, -0.25) is 4.79 Å². The second-order valence-corrected chi connectivity index (χ2v) is 9.43. The van der Waals surface area contributed by atoms with Gasteiger partial charge in [-0.15, -0.1) is 0 Å². The minimum atomic E-state index is -0.573. The van der Waals surface area contributed by atoms with Crippen molar-refractivity contribution in [1.82, 2.24) is 4.90 Å². The molecule has 3 fully saturated rings. The van der Waals surface area contributed by atoms with Crippen LogP contribution in [0.2, 0.25) is 0 Å². The third-order valence-electron chi connectivity index (χ3n) is 7.63. The van der Waals surface area contributed by atoms with Crippen molar-refractivity contribution >= 4 is 5.91 Å². The Labute approximate surface area is 179 Å². The molecule has 0 spiro atoms. The Balaban J connectivity index is 1.54. The highest BCUT2D eigenvalue weighted by Gasteiger charge is 2.65. The molecule has 1 aliphatic carbocycles. The van der Waals surface area contributed by atoms with Crippen molar-refractivity contribution < 1.29 is 14.3 Å². The van der Waals surface area contributed by atoms with Gasteiger partial charge in [-0.05, 0) is 49.7 Å². The summed E-state index contributed by atoms with van der Waals surface area (Å²) in [4.78, 5) is 16.3. The van der Waals surface area contributed by atoms with Gasteiger partial charge in [-0.1, -0.05) is 67.1 Å². The number of nitrogens with zero attached hydrogens (tertiary/aromatic N) is 1. The van der Waals surface area contributed by atoms with Crippen molar-refractivity contribution in [2.75, 3.05) is 13.7 Å². The summed E-state index contributed by atoms with van der Waals surface area (Å²) in [6.45, 7) is 2.59. The van der Waals surface area contributed by atoms with E-state index in [0.29, 0.717) is 12.5 Å². The average molecular weight is 406 g/mol. The van der Waals surface area contributed by atoms with Crippen LogP contribution in [0, 0.1) is 11.3 Å². The maximum absolute atomic E-state index is 14.3. The Hall–Kier alpha value is -2.17. The molecule has 2 aromatic carbocycles. The van der Waals surface area contributed by atoms with Crippen molar-refractivity contribution in [3.63, 3.8) is 0 Å². The summed E-state index contributed by atoms with van der Waals surface area (Å²) in [7, 11) is 1.71. The standard InChI is InChI=1S/C26H31NO3/c1-25-17-21-14-9-15-26(21,16-19-10-5-3-6-11-19)24(28)27(25)22(18-29-2)23(30-25)20-12-7-4-8-13-20/h3-8,10-13,21-23H,9,14-18H2,1-2H3/t21-,22-,23-,25+,26+/m0/s1. The van der Waals surface area contributed by atoms with E-state index < -0.39 is 5.72 Å². The van der Waals surface area contributed by atoms with E-state index in [2.05, 4.69) is 48.2 Å². The first-order chi connectivity index (χ1) is 14.6. The highest BCUT2D eigenvalue weighted by Crippen LogP contribution is 2.59. The number of fused-ring (bicyclic) bond motifs is 2. The number of amides is 1. The predicted octanol–water partition coefficient (Wildman–Crippen LogP) is 4.75. The van der Waals surface area contributed by atoms with Crippen LogP contribution in [0.1, 0.15) is 49.8 Å². The molecule has 2 aliphatic heterocycles. The lowest BCUT2D eigenvalue weighted by Crippen LogP contribution is -2.63. The lowest BCUT2D eigenvalue weighted by atomic mass is 9.66. The van der Waals surface area contributed by atoms with Gasteiger partial charge in [0.25, 0.3) is 0 Å². The molecule has 0 N–H and O–H groups in total. The molecule has 4 heteroatoms. The number of carbonyl (C=O) groups excluding carboxylic acids is 1. The fraction of sp³-hybridized carbons (Fsp3) is 0.500. The fourth-order valence-corrected chi connectivity index (χ4v) is 6.36. The second kappa shape index (κ2) is 7.51. The smallest absolute Gasteiger partial charge is 0.232 e. The fourth-order valence-electron chi connectivity index (χ4n) is 6.36. The summed E-state index contributed by atoms with van der Waals surface area (Å²) in [5.74, 6) is 0.632. The summed E-state index contributed by atoms with van der Waals surface area (Å²) in [5, 5.41) is 0. The van der Waals surface area contributed by atoms with Gasteiger partial charge < -0.3 is 14.4 Å². The van der Waals surface area contributed by atoms with Gasteiger partial charge in [0.2, 0.25) is 5.91 Å². The minimum Gasteiger partial charge on any atom is -0.382 e. The summed E-state index contributed by atoms with van der Waals surface area (Å²) < 4.78 is 12.3. The second-order valence-electron chi connectivity index (χ2n) is 9.43. The van der Waals surface area contributed by atoms with E-state index in [1.165, 1.54) is 5.56 Å². The normalized spacial score (nSPS) is 35.3. The van der Waals surface area contributed by atoms with Crippen LogP contribution < -0.4 is 0 Å². The molecule has 0 bridgehead atoms. The van der Waals surface area contributed by atoms with Gasteiger partial charge >= 0.3 is 0 Å². The van der Waals surface area contributed by atoms with E-state index in [-0.39, 0.29) is 23.5 Å². The number of hydrogen-bond acceptors (Lipinski definition) is 3. The van der Waals surface area contributed by atoms with Crippen LogP contribution in [0.4, 0.5) is 0 Å². The van der Waals surface area contributed by atoms with Crippen LogP contribution >= 0.6 is 0 Å². The number of ether oxygens (including phenoxy) is 2. The zero-order valence-electron chi connectivity index (χ0n) is 17.9. The molecule has 0 radical (unpaired) electrons. The molecule has 2 saturated heterocycles. The van der Waals surface area contributed by atoms with E-state index >= 15 is 0 Å². The van der Waals surface area contributed by atoms with Crippen LogP contribution in [-0.4, -0.2) is 36.3 Å². The van der Waals surface area contributed by atoms with Gasteiger partial charge in [0.05, 0.1) is 18.1 Å². The Kier molecular flexibility index (Phi) is 4.95. The van der Waals surface area contributed by atoms with Gasteiger partial charge in [0.1, 0.15) is 11.8 Å². The molecular formula is C26H31NO3. The lowest BCUT2D eigenvalue weighted by Gasteiger charge is -2.51. The number of piperidine rings is 1. The van der Waals surface area contributed by atoms with Gasteiger partial charge in [0, 0.05) is 7.11 Å². The molecule has 30 heavy (non-hydrogen) atoms. The average Bonchev–Trinajstić information content (AvgIpc) is 3.29. The van der Waals surface area contributed by atoms with Crippen molar-refractivity contribution in [2.24, 2.45) is 11.3 Å². The highest BCUT2D eigenvalue weighted by atomic mass is 16.6. The summed E-state index contributed by atoms with van der Waals surface area (Å²) in [6, 6.07) is 20.7. The zero-order chi connectivity index (χ0) is 20.8. The van der Waals surface area contributed by atoms with Gasteiger partial charge in [0.15, 0.2) is 0 Å². The SMILES string of the molecule is COC[C@H]1[C@H](c2ccccc2)O[C@]2(C)C[C@@H]3CCC[C@]3(Cc3ccccc3)C(=O)N12. The number of carbonyl (C=O) groups is 1.